The molecular weight excluding hydrogens is 268 g/mol. The summed E-state index contributed by atoms with van der Waals surface area (Å²) in [6.45, 7) is 6.41. The van der Waals surface area contributed by atoms with Gasteiger partial charge in [-0.05, 0) is 12.3 Å². The van der Waals surface area contributed by atoms with E-state index in [1.807, 2.05) is 5.38 Å². The van der Waals surface area contributed by atoms with E-state index in [2.05, 4.69) is 31.1 Å². The van der Waals surface area contributed by atoms with Gasteiger partial charge in [-0.2, -0.15) is 0 Å². The van der Waals surface area contributed by atoms with E-state index in [1.54, 1.807) is 0 Å². The minimum Gasteiger partial charge on any atom is -0.302 e. The summed E-state index contributed by atoms with van der Waals surface area (Å²) in [5.74, 6) is 0.876. The zero-order chi connectivity index (χ0) is 14.6. The van der Waals surface area contributed by atoms with Gasteiger partial charge in [0.05, 0.1) is 5.69 Å². The quantitative estimate of drug-likeness (QED) is 0.871. The van der Waals surface area contributed by atoms with E-state index in [1.165, 1.54) is 43.4 Å². The lowest BCUT2D eigenvalue weighted by molar-refractivity contribution is -0.116. The molecule has 1 aromatic rings. The molecule has 1 N–H and O–H groups in total. The maximum atomic E-state index is 12.0. The number of carbonyl (C=O) groups is 1. The molecule has 0 atom stereocenters. The highest BCUT2D eigenvalue weighted by Gasteiger charge is 2.19. The third kappa shape index (κ3) is 4.58. The summed E-state index contributed by atoms with van der Waals surface area (Å²) in [6, 6.07) is 0. The second kappa shape index (κ2) is 6.70. The van der Waals surface area contributed by atoms with Gasteiger partial charge in [-0.1, -0.05) is 52.9 Å². The maximum absolute atomic E-state index is 12.0. The molecule has 2 rings (SSSR count). The molecule has 1 aromatic heterocycles. The summed E-state index contributed by atoms with van der Waals surface area (Å²) in [6.07, 6.45) is 8.33. The first kappa shape index (κ1) is 15.5. The molecule has 0 bridgehead atoms. The zero-order valence-corrected chi connectivity index (χ0v) is 13.7. The van der Waals surface area contributed by atoms with Gasteiger partial charge >= 0.3 is 0 Å². The van der Waals surface area contributed by atoms with Gasteiger partial charge < -0.3 is 5.32 Å². The van der Waals surface area contributed by atoms with Crippen LogP contribution in [0.4, 0.5) is 5.13 Å². The van der Waals surface area contributed by atoms with Crippen molar-refractivity contribution in [3.8, 4) is 0 Å². The maximum Gasteiger partial charge on any atom is 0.226 e. The smallest absolute Gasteiger partial charge is 0.226 e. The number of carbonyl (C=O) groups excluding carboxylic acids is 1. The molecule has 1 heterocycles. The highest BCUT2D eigenvalue weighted by Crippen LogP contribution is 2.28. The van der Waals surface area contributed by atoms with Crippen molar-refractivity contribution in [2.75, 3.05) is 5.32 Å². The van der Waals surface area contributed by atoms with E-state index < -0.39 is 0 Å². The van der Waals surface area contributed by atoms with E-state index >= 15 is 0 Å². The van der Waals surface area contributed by atoms with Gasteiger partial charge in [0.15, 0.2) is 5.13 Å². The lowest BCUT2D eigenvalue weighted by atomic mass is 9.86. The van der Waals surface area contributed by atoms with Crippen molar-refractivity contribution in [3.05, 3.63) is 11.1 Å². The predicted molar refractivity (Wildman–Crippen MR) is 85.3 cm³/mol. The molecule has 0 spiro atoms. The highest BCUT2D eigenvalue weighted by molar-refractivity contribution is 7.13. The Morgan fingerprint density at radius 3 is 2.65 bits per heavy atom. The predicted octanol–water partition coefficient (Wildman–Crippen LogP) is 4.74. The number of amides is 1. The van der Waals surface area contributed by atoms with Crippen molar-refractivity contribution in [3.63, 3.8) is 0 Å². The van der Waals surface area contributed by atoms with E-state index in [4.69, 9.17) is 0 Å². The van der Waals surface area contributed by atoms with Crippen molar-refractivity contribution >= 4 is 22.4 Å². The monoisotopic (exact) mass is 294 g/mol. The fourth-order valence-electron chi connectivity index (χ4n) is 2.67. The number of nitrogens with one attached hydrogen (secondary N) is 1. The molecule has 1 aliphatic rings. The second-order valence-corrected chi connectivity index (χ2v) is 7.74. The first-order chi connectivity index (χ1) is 9.45. The van der Waals surface area contributed by atoms with Crippen LogP contribution >= 0.6 is 11.3 Å². The molecule has 1 amide bonds. The number of hydrogen-bond donors (Lipinski definition) is 1. The minimum absolute atomic E-state index is 0.0432. The summed E-state index contributed by atoms with van der Waals surface area (Å²) in [7, 11) is 0. The van der Waals surface area contributed by atoms with Crippen LogP contribution < -0.4 is 5.32 Å². The van der Waals surface area contributed by atoms with Crippen LogP contribution in [0.3, 0.4) is 0 Å². The normalized spacial score (nSPS) is 17.1. The van der Waals surface area contributed by atoms with Crippen molar-refractivity contribution in [1.29, 1.82) is 0 Å². The van der Waals surface area contributed by atoms with E-state index in [-0.39, 0.29) is 11.3 Å². The number of rotatable bonds is 4. The molecule has 112 valence electrons. The van der Waals surface area contributed by atoms with Crippen LogP contribution in [0.2, 0.25) is 0 Å². The number of hydrogen-bond acceptors (Lipinski definition) is 3. The third-order valence-electron chi connectivity index (χ3n) is 4.02. The molecule has 1 fully saturated rings. The standard InChI is InChI=1S/C16H26N2OS/c1-16(2,3)13-11-20-15(17-13)18-14(19)10-9-12-7-5-4-6-8-12/h11-12H,4-10H2,1-3H3,(H,17,18,19). The Labute approximate surface area is 126 Å². The van der Waals surface area contributed by atoms with Crippen LogP contribution in [-0.4, -0.2) is 10.9 Å². The molecule has 1 aliphatic carbocycles. The molecule has 20 heavy (non-hydrogen) atoms. The van der Waals surface area contributed by atoms with Gasteiger partial charge in [0, 0.05) is 17.2 Å². The van der Waals surface area contributed by atoms with Crippen molar-refractivity contribution in [1.82, 2.24) is 4.98 Å². The van der Waals surface area contributed by atoms with Crippen molar-refractivity contribution in [2.45, 2.75) is 71.1 Å². The van der Waals surface area contributed by atoms with Gasteiger partial charge in [0.2, 0.25) is 5.91 Å². The first-order valence-electron chi connectivity index (χ1n) is 7.71. The molecule has 0 unspecified atom stereocenters. The van der Waals surface area contributed by atoms with E-state index in [9.17, 15) is 4.79 Å². The van der Waals surface area contributed by atoms with Crippen LogP contribution in [-0.2, 0) is 10.2 Å². The molecule has 1 saturated carbocycles. The topological polar surface area (TPSA) is 42.0 Å². The molecular formula is C16H26N2OS. The average Bonchev–Trinajstić information content (AvgIpc) is 2.86. The Kier molecular flexibility index (Phi) is 5.19. The molecule has 0 saturated heterocycles. The van der Waals surface area contributed by atoms with Crippen LogP contribution in [0.1, 0.15) is 71.4 Å². The fraction of sp³-hybridized carbons (Fsp3) is 0.750. The van der Waals surface area contributed by atoms with Crippen LogP contribution in [0, 0.1) is 5.92 Å². The van der Waals surface area contributed by atoms with E-state index in [0.717, 1.165) is 23.2 Å². The SMILES string of the molecule is CC(C)(C)c1csc(NC(=O)CCC2CCCCC2)n1. The van der Waals surface area contributed by atoms with Gasteiger partial charge in [-0.15, -0.1) is 11.3 Å². The molecule has 0 radical (unpaired) electrons. The van der Waals surface area contributed by atoms with Gasteiger partial charge in [-0.3, -0.25) is 4.79 Å². The fourth-order valence-corrected chi connectivity index (χ4v) is 3.62. The molecule has 0 aromatic carbocycles. The van der Waals surface area contributed by atoms with Gasteiger partial charge in [0.1, 0.15) is 0 Å². The zero-order valence-electron chi connectivity index (χ0n) is 12.9. The molecule has 3 nitrogen and oxygen atoms in total. The Morgan fingerprint density at radius 1 is 1.35 bits per heavy atom. The third-order valence-corrected chi connectivity index (χ3v) is 4.78. The second-order valence-electron chi connectivity index (χ2n) is 6.88. The van der Waals surface area contributed by atoms with Crippen molar-refractivity contribution in [2.24, 2.45) is 5.92 Å². The van der Waals surface area contributed by atoms with E-state index in [0.29, 0.717) is 6.42 Å². The summed E-state index contributed by atoms with van der Waals surface area (Å²) in [4.78, 5) is 16.5. The number of anilines is 1. The molecule has 4 heteroatoms. The Balaban J connectivity index is 1.77. The minimum atomic E-state index is 0.0432. The number of nitrogens with zero attached hydrogens (tertiary/aromatic N) is 1. The van der Waals surface area contributed by atoms with Crippen LogP contribution in [0.5, 0.6) is 0 Å². The molecule has 0 aliphatic heterocycles. The lowest BCUT2D eigenvalue weighted by Gasteiger charge is -2.20. The van der Waals surface area contributed by atoms with Crippen molar-refractivity contribution < 1.29 is 4.79 Å². The summed E-state index contributed by atoms with van der Waals surface area (Å²) in [5, 5.41) is 5.72. The lowest BCUT2D eigenvalue weighted by Crippen LogP contribution is -2.15. The number of aromatic nitrogens is 1. The largest absolute Gasteiger partial charge is 0.302 e. The van der Waals surface area contributed by atoms with Crippen LogP contribution in [0.15, 0.2) is 5.38 Å². The Bertz CT molecular complexity index is 442. The highest BCUT2D eigenvalue weighted by atomic mass is 32.1. The number of thiazole rings is 1. The summed E-state index contributed by atoms with van der Waals surface area (Å²) < 4.78 is 0. The van der Waals surface area contributed by atoms with Crippen LogP contribution in [0.25, 0.3) is 0 Å². The Hall–Kier alpha value is -0.900. The van der Waals surface area contributed by atoms with Gasteiger partial charge in [-0.25, -0.2) is 4.98 Å². The first-order valence-corrected chi connectivity index (χ1v) is 8.59. The summed E-state index contributed by atoms with van der Waals surface area (Å²) >= 11 is 1.52. The Morgan fingerprint density at radius 2 is 2.05 bits per heavy atom. The summed E-state index contributed by atoms with van der Waals surface area (Å²) in [5.41, 5.74) is 1.09. The van der Waals surface area contributed by atoms with Gasteiger partial charge in [0.25, 0.3) is 0 Å². The average molecular weight is 294 g/mol.